The lowest BCUT2D eigenvalue weighted by molar-refractivity contribution is 0.332. The highest BCUT2D eigenvalue weighted by Crippen LogP contribution is 2.51. The molecule has 2 aromatic heterocycles. The second kappa shape index (κ2) is 16.6. The number of nitrogens with zero attached hydrogens (tertiary/aromatic N) is 1. The molecule has 0 saturated heterocycles. The van der Waals surface area contributed by atoms with Crippen LogP contribution in [0.15, 0.2) is 200 Å². The molecule has 0 radical (unpaired) electrons. The van der Waals surface area contributed by atoms with Crippen molar-refractivity contribution >= 4 is 82.1 Å². The Morgan fingerprint density at radius 2 is 0.781 bits per heavy atom. The minimum Gasteiger partial charge on any atom is -0.308 e. The van der Waals surface area contributed by atoms with Crippen molar-refractivity contribution in [2.45, 2.75) is 103 Å². The third-order valence-electron chi connectivity index (χ3n) is 17.9. The zero-order chi connectivity index (χ0) is 50.1. The van der Waals surface area contributed by atoms with Crippen LogP contribution in [0.25, 0.3) is 69.9 Å². The average Bonchev–Trinajstić information content (AvgIpc) is 3.93. The number of thiophene rings is 1. The molecule has 0 aliphatic heterocycles. The summed E-state index contributed by atoms with van der Waals surface area (Å²) in [6.07, 6.45) is 4.66. The predicted octanol–water partition coefficient (Wildman–Crippen LogP) is 16.6. The van der Waals surface area contributed by atoms with E-state index in [9.17, 15) is 0 Å². The van der Waals surface area contributed by atoms with E-state index in [-0.39, 0.29) is 21.7 Å². The van der Waals surface area contributed by atoms with Gasteiger partial charge in [0.05, 0.1) is 16.7 Å². The minimum absolute atomic E-state index is 0.0224. The number of para-hydroxylation sites is 1. The molecule has 0 amide bonds. The maximum atomic E-state index is 2.68. The van der Waals surface area contributed by atoms with Crippen LogP contribution in [0.1, 0.15) is 103 Å². The van der Waals surface area contributed by atoms with Crippen LogP contribution in [0.4, 0.5) is 0 Å². The molecule has 9 aromatic carbocycles. The molecule has 0 atom stereocenters. The third-order valence-corrected chi connectivity index (χ3v) is 23.8. The van der Waals surface area contributed by atoms with Gasteiger partial charge in [0.2, 0.25) is 0 Å². The average molecular weight is 980 g/mol. The van der Waals surface area contributed by atoms with Gasteiger partial charge in [0.25, 0.3) is 0 Å². The van der Waals surface area contributed by atoms with Gasteiger partial charge in [0.15, 0.2) is 8.07 Å². The summed E-state index contributed by atoms with van der Waals surface area (Å²) in [5.41, 5.74) is 14.9. The van der Waals surface area contributed by atoms with Crippen LogP contribution < -0.4 is 20.7 Å². The Morgan fingerprint density at radius 3 is 1.29 bits per heavy atom. The molecule has 2 heterocycles. The van der Waals surface area contributed by atoms with Crippen LogP contribution >= 0.6 is 11.3 Å². The normalized spacial score (nSPS) is 16.7. The lowest BCUT2D eigenvalue weighted by Gasteiger charge is -2.42. The second-order valence-corrected chi connectivity index (χ2v) is 29.0. The topological polar surface area (TPSA) is 4.93 Å². The summed E-state index contributed by atoms with van der Waals surface area (Å²) in [5.74, 6) is 0. The minimum atomic E-state index is -3.07. The van der Waals surface area contributed by atoms with Gasteiger partial charge in [-0.25, -0.2) is 0 Å². The van der Waals surface area contributed by atoms with Crippen molar-refractivity contribution in [2.75, 3.05) is 0 Å². The van der Waals surface area contributed by atoms with Gasteiger partial charge in [-0.15, -0.1) is 11.3 Å². The molecule has 0 fully saturated rings. The fourth-order valence-corrected chi connectivity index (χ4v) is 19.5. The van der Waals surface area contributed by atoms with Gasteiger partial charge in [-0.1, -0.05) is 231 Å². The van der Waals surface area contributed by atoms with Crippen LogP contribution in [0.5, 0.6) is 0 Å². The van der Waals surface area contributed by atoms with Gasteiger partial charge in [-0.3, -0.25) is 0 Å². The third kappa shape index (κ3) is 7.13. The van der Waals surface area contributed by atoms with E-state index in [2.05, 4.69) is 260 Å². The standard InChI is InChI=1S/C70H65NSSi/c1-67(2)36-38-69(5,6)60-40-46(32-34-58(60)67)54-42-51(73(48-22-12-9-13-23-48,49-24-14-10-15-25-49)50-26-16-11-17-27-50)43-55(47-33-35-59-61(41-47)70(7,8)39-37-68(59,3)4)66(54)71-62-30-20-18-28-52(62)56-44-57-53-29-19-21-31-64(53)72-65(57)45-63(56)71/h9-35,40-45H,36-39H2,1-8H3. The summed E-state index contributed by atoms with van der Waals surface area (Å²) < 4.78 is 5.33. The van der Waals surface area contributed by atoms with Gasteiger partial charge in [0.1, 0.15) is 0 Å². The van der Waals surface area contributed by atoms with E-state index >= 15 is 0 Å². The Balaban J connectivity index is 1.25. The van der Waals surface area contributed by atoms with Crippen molar-refractivity contribution in [3.05, 3.63) is 222 Å². The molecule has 0 spiro atoms. The van der Waals surface area contributed by atoms with Gasteiger partial charge < -0.3 is 4.57 Å². The van der Waals surface area contributed by atoms with Crippen molar-refractivity contribution in [1.82, 2.24) is 4.57 Å². The molecule has 13 rings (SSSR count). The Bertz CT molecular complexity index is 3760. The van der Waals surface area contributed by atoms with Crippen LogP contribution in [-0.4, -0.2) is 12.6 Å². The smallest absolute Gasteiger partial charge is 0.179 e. The maximum Gasteiger partial charge on any atom is 0.179 e. The van der Waals surface area contributed by atoms with E-state index < -0.39 is 8.07 Å². The Kier molecular flexibility index (Phi) is 10.5. The first-order valence-electron chi connectivity index (χ1n) is 26.7. The summed E-state index contributed by atoms with van der Waals surface area (Å²) in [4.78, 5) is 0. The zero-order valence-electron chi connectivity index (χ0n) is 43.7. The fourth-order valence-electron chi connectivity index (χ4n) is 13.5. The molecule has 73 heavy (non-hydrogen) atoms. The van der Waals surface area contributed by atoms with E-state index in [0.717, 1.165) is 12.8 Å². The second-order valence-electron chi connectivity index (χ2n) is 24.1. The summed E-state index contributed by atoms with van der Waals surface area (Å²) in [6, 6.07) is 78.3. The van der Waals surface area contributed by atoms with Gasteiger partial charge in [-0.05, 0) is 126 Å². The van der Waals surface area contributed by atoms with Crippen molar-refractivity contribution < 1.29 is 0 Å². The van der Waals surface area contributed by atoms with Crippen molar-refractivity contribution in [3.63, 3.8) is 0 Å². The highest BCUT2D eigenvalue weighted by Gasteiger charge is 2.44. The number of hydrogen-bond acceptors (Lipinski definition) is 1. The summed E-state index contributed by atoms with van der Waals surface area (Å²) in [5, 5.41) is 10.7. The zero-order valence-corrected chi connectivity index (χ0v) is 45.6. The van der Waals surface area contributed by atoms with E-state index in [0.29, 0.717) is 0 Å². The van der Waals surface area contributed by atoms with Crippen LogP contribution in [0.3, 0.4) is 0 Å². The monoisotopic (exact) mass is 979 g/mol. The molecule has 0 saturated carbocycles. The number of hydrogen-bond donors (Lipinski definition) is 0. The number of aromatic nitrogens is 1. The van der Waals surface area contributed by atoms with Gasteiger partial charge in [-0.2, -0.15) is 0 Å². The first kappa shape index (κ1) is 46.0. The van der Waals surface area contributed by atoms with E-state index in [1.54, 1.807) is 0 Å². The Labute approximate surface area is 437 Å². The van der Waals surface area contributed by atoms with Crippen LogP contribution in [0, 0.1) is 0 Å². The number of rotatable bonds is 7. The molecule has 360 valence electrons. The molecular formula is C70H65NSSi. The SMILES string of the molecule is CC1(C)CCC(C)(C)c2cc(-c3cc([Si](c4ccccc4)(c4ccccc4)c4ccccc4)cc(-c4ccc5c(c4)C(C)(C)CCC5(C)C)c3-n3c4ccccc4c4cc5c(cc43)sc3ccccc35)ccc21. The largest absolute Gasteiger partial charge is 0.308 e. The van der Waals surface area contributed by atoms with E-state index in [4.69, 9.17) is 0 Å². The van der Waals surface area contributed by atoms with E-state index in [1.165, 1.54) is 126 Å². The molecule has 2 aliphatic rings. The lowest BCUT2D eigenvalue weighted by Crippen LogP contribution is -2.74. The number of benzene rings is 9. The molecule has 11 aromatic rings. The molecule has 0 bridgehead atoms. The van der Waals surface area contributed by atoms with Crippen LogP contribution in [0.2, 0.25) is 0 Å². The number of fused-ring (bicyclic) bond motifs is 8. The van der Waals surface area contributed by atoms with Crippen molar-refractivity contribution in [1.29, 1.82) is 0 Å². The molecule has 0 N–H and O–H groups in total. The van der Waals surface area contributed by atoms with Crippen molar-refractivity contribution in [2.24, 2.45) is 0 Å². The first-order chi connectivity index (χ1) is 35.2. The fraction of sp³-hybridized carbons (Fsp3) is 0.229. The first-order valence-corrected chi connectivity index (χ1v) is 29.5. The van der Waals surface area contributed by atoms with Crippen molar-refractivity contribution in [3.8, 4) is 27.9 Å². The molecular weight excluding hydrogens is 915 g/mol. The van der Waals surface area contributed by atoms with Gasteiger partial charge >= 0.3 is 0 Å². The maximum absolute atomic E-state index is 3.07. The van der Waals surface area contributed by atoms with Gasteiger partial charge in [0, 0.05) is 42.1 Å². The summed E-state index contributed by atoms with van der Waals surface area (Å²) in [7, 11) is -3.07. The summed E-state index contributed by atoms with van der Waals surface area (Å²) >= 11 is 1.91. The Morgan fingerprint density at radius 1 is 0.342 bits per heavy atom. The molecule has 0 unspecified atom stereocenters. The molecule has 2 aliphatic carbocycles. The highest BCUT2D eigenvalue weighted by atomic mass is 32.1. The summed E-state index contributed by atoms with van der Waals surface area (Å²) in [6.45, 7) is 19.7. The van der Waals surface area contributed by atoms with Crippen LogP contribution in [-0.2, 0) is 21.7 Å². The van der Waals surface area contributed by atoms with E-state index in [1.807, 2.05) is 11.3 Å². The quantitative estimate of drug-likeness (QED) is 0.111. The molecule has 1 nitrogen and oxygen atoms in total. The lowest BCUT2D eigenvalue weighted by atomic mass is 9.62. The Hall–Kier alpha value is -6.78. The molecule has 3 heteroatoms. The predicted molar refractivity (Wildman–Crippen MR) is 319 cm³/mol. The highest BCUT2D eigenvalue weighted by molar-refractivity contribution is 7.26.